The first kappa shape index (κ1) is 18.2. The maximum absolute atomic E-state index is 12.7. The Balaban J connectivity index is 1.97. The number of carbonyl (C=O) groups is 2. The van der Waals surface area contributed by atoms with Gasteiger partial charge in [-0.25, -0.2) is 0 Å². The maximum atomic E-state index is 12.7. The lowest BCUT2D eigenvalue weighted by Gasteiger charge is -2.25. The van der Waals surface area contributed by atoms with Gasteiger partial charge in [-0.3, -0.25) is 9.59 Å². The van der Waals surface area contributed by atoms with Crippen molar-refractivity contribution in [1.82, 2.24) is 10.2 Å². The second kappa shape index (κ2) is 8.09. The van der Waals surface area contributed by atoms with Crippen molar-refractivity contribution in [1.29, 1.82) is 0 Å². The quantitative estimate of drug-likeness (QED) is 0.733. The van der Waals surface area contributed by atoms with E-state index in [1.54, 1.807) is 0 Å². The second-order valence-electron chi connectivity index (χ2n) is 7.56. The number of carbonyl (C=O) groups excluding carboxylic acids is 2. The van der Waals surface area contributed by atoms with E-state index in [2.05, 4.69) is 23.7 Å². The van der Waals surface area contributed by atoms with Crippen LogP contribution < -0.4 is 5.32 Å². The van der Waals surface area contributed by atoms with Crippen molar-refractivity contribution in [3.8, 4) is 0 Å². The Bertz CT molecular complexity index is 441. The van der Waals surface area contributed by atoms with Gasteiger partial charge in [-0.15, -0.1) is 6.58 Å². The predicted molar refractivity (Wildman–Crippen MR) is 93.0 cm³/mol. The highest BCUT2D eigenvalue weighted by molar-refractivity contribution is 5.91. The highest BCUT2D eigenvalue weighted by atomic mass is 16.2. The van der Waals surface area contributed by atoms with Crippen LogP contribution in [0.1, 0.15) is 40.0 Å². The van der Waals surface area contributed by atoms with E-state index in [-0.39, 0.29) is 41.3 Å². The molecule has 1 heterocycles. The van der Waals surface area contributed by atoms with Crippen LogP contribution in [-0.2, 0) is 9.59 Å². The van der Waals surface area contributed by atoms with Crippen molar-refractivity contribution >= 4 is 11.7 Å². The predicted octanol–water partition coefficient (Wildman–Crippen LogP) is 2.50. The third-order valence-corrected chi connectivity index (χ3v) is 5.53. The molecule has 0 aromatic rings. The molecule has 0 aromatic heterocycles. The number of allylic oxidation sites excluding steroid dienone is 1. The number of likely N-dealkylation sites (tertiary alicyclic amines) is 1. The van der Waals surface area contributed by atoms with E-state index in [0.717, 1.165) is 26.1 Å². The molecular formula is C19H32N2O2. The molecule has 4 heteroatoms. The summed E-state index contributed by atoms with van der Waals surface area (Å²) in [4.78, 5) is 27.7. The Morgan fingerprint density at radius 3 is 2.48 bits per heavy atom. The van der Waals surface area contributed by atoms with Gasteiger partial charge in [0.05, 0.1) is 5.92 Å². The van der Waals surface area contributed by atoms with E-state index in [1.807, 2.05) is 19.9 Å². The van der Waals surface area contributed by atoms with Crippen molar-refractivity contribution < 1.29 is 9.59 Å². The summed E-state index contributed by atoms with van der Waals surface area (Å²) in [6.45, 7) is 13.7. The molecule has 0 spiro atoms. The number of hydrogen-bond donors (Lipinski definition) is 1. The van der Waals surface area contributed by atoms with Crippen molar-refractivity contribution in [2.45, 2.75) is 40.0 Å². The molecule has 1 saturated heterocycles. The topological polar surface area (TPSA) is 49.4 Å². The maximum Gasteiger partial charge on any atom is 0.224 e. The van der Waals surface area contributed by atoms with Gasteiger partial charge in [0.2, 0.25) is 5.91 Å². The fourth-order valence-electron chi connectivity index (χ4n) is 4.24. The molecule has 1 aliphatic carbocycles. The van der Waals surface area contributed by atoms with Gasteiger partial charge < -0.3 is 10.2 Å². The van der Waals surface area contributed by atoms with Crippen LogP contribution in [-0.4, -0.2) is 42.8 Å². The Morgan fingerprint density at radius 2 is 1.91 bits per heavy atom. The lowest BCUT2D eigenvalue weighted by atomic mass is 9.80. The van der Waals surface area contributed by atoms with Crippen LogP contribution in [0.2, 0.25) is 0 Å². The number of nitrogens with zero attached hydrogens (tertiary/aromatic N) is 1. The van der Waals surface area contributed by atoms with Gasteiger partial charge in [-0.05, 0) is 44.2 Å². The SMILES string of the molecule is C=CC1CC(C)C(C(=O)NCCN2CCCC2)C1C(=O)C(C)C. The lowest BCUT2D eigenvalue weighted by molar-refractivity contribution is -0.135. The van der Waals surface area contributed by atoms with Gasteiger partial charge in [0.1, 0.15) is 5.78 Å². The van der Waals surface area contributed by atoms with E-state index >= 15 is 0 Å². The van der Waals surface area contributed by atoms with Gasteiger partial charge in [0.15, 0.2) is 0 Å². The standard InChI is InChI=1S/C19H32N2O2/c1-5-15-12-14(4)16(17(15)18(22)13(2)3)19(23)20-8-11-21-9-6-7-10-21/h5,13-17H,1,6-12H2,2-4H3,(H,20,23). The third-order valence-electron chi connectivity index (χ3n) is 5.53. The van der Waals surface area contributed by atoms with Crippen LogP contribution >= 0.6 is 0 Å². The number of nitrogens with one attached hydrogen (secondary N) is 1. The molecule has 1 amide bonds. The zero-order chi connectivity index (χ0) is 17.0. The van der Waals surface area contributed by atoms with Crippen molar-refractivity contribution in [3.05, 3.63) is 12.7 Å². The Morgan fingerprint density at radius 1 is 1.26 bits per heavy atom. The first-order valence-corrected chi connectivity index (χ1v) is 9.12. The Kier molecular flexibility index (Phi) is 6.40. The number of hydrogen-bond acceptors (Lipinski definition) is 3. The van der Waals surface area contributed by atoms with E-state index in [9.17, 15) is 9.59 Å². The van der Waals surface area contributed by atoms with Gasteiger partial charge >= 0.3 is 0 Å². The highest BCUT2D eigenvalue weighted by Crippen LogP contribution is 2.43. The first-order chi connectivity index (χ1) is 11.0. The number of Topliss-reactive ketones (excluding diaryl/α,β-unsaturated/α-hetero) is 1. The van der Waals surface area contributed by atoms with Crippen LogP contribution in [0.5, 0.6) is 0 Å². The molecule has 0 aromatic carbocycles. The molecule has 4 atom stereocenters. The molecule has 2 fully saturated rings. The zero-order valence-electron chi connectivity index (χ0n) is 14.9. The molecular weight excluding hydrogens is 288 g/mol. The fraction of sp³-hybridized carbons (Fsp3) is 0.789. The molecule has 4 unspecified atom stereocenters. The molecule has 2 aliphatic rings. The molecule has 0 bridgehead atoms. The number of ketones is 1. The molecule has 1 aliphatic heterocycles. The van der Waals surface area contributed by atoms with Crippen molar-refractivity contribution in [2.75, 3.05) is 26.2 Å². The summed E-state index contributed by atoms with van der Waals surface area (Å²) in [7, 11) is 0. The summed E-state index contributed by atoms with van der Waals surface area (Å²) >= 11 is 0. The smallest absolute Gasteiger partial charge is 0.224 e. The summed E-state index contributed by atoms with van der Waals surface area (Å²) in [5.41, 5.74) is 0. The van der Waals surface area contributed by atoms with Crippen LogP contribution in [0.15, 0.2) is 12.7 Å². The average Bonchev–Trinajstić information content (AvgIpc) is 3.13. The van der Waals surface area contributed by atoms with Crippen LogP contribution in [0.4, 0.5) is 0 Å². The molecule has 1 saturated carbocycles. The molecule has 0 radical (unpaired) electrons. The van der Waals surface area contributed by atoms with Gasteiger partial charge in [-0.1, -0.05) is 26.8 Å². The number of amides is 1. The molecule has 23 heavy (non-hydrogen) atoms. The highest BCUT2D eigenvalue weighted by Gasteiger charge is 2.47. The molecule has 130 valence electrons. The average molecular weight is 320 g/mol. The minimum Gasteiger partial charge on any atom is -0.355 e. The summed E-state index contributed by atoms with van der Waals surface area (Å²) in [5.74, 6) is 0.194. The molecule has 1 N–H and O–H groups in total. The Labute approximate surface area is 140 Å². The summed E-state index contributed by atoms with van der Waals surface area (Å²) in [6.07, 6.45) is 5.29. The van der Waals surface area contributed by atoms with E-state index in [1.165, 1.54) is 12.8 Å². The zero-order valence-corrected chi connectivity index (χ0v) is 14.9. The van der Waals surface area contributed by atoms with E-state index < -0.39 is 0 Å². The van der Waals surface area contributed by atoms with Gasteiger partial charge in [0.25, 0.3) is 0 Å². The largest absolute Gasteiger partial charge is 0.355 e. The van der Waals surface area contributed by atoms with Gasteiger partial charge in [0, 0.05) is 24.9 Å². The van der Waals surface area contributed by atoms with Crippen molar-refractivity contribution in [2.24, 2.45) is 29.6 Å². The monoisotopic (exact) mass is 320 g/mol. The van der Waals surface area contributed by atoms with E-state index in [4.69, 9.17) is 0 Å². The normalized spacial score (nSPS) is 31.5. The first-order valence-electron chi connectivity index (χ1n) is 9.12. The van der Waals surface area contributed by atoms with Gasteiger partial charge in [-0.2, -0.15) is 0 Å². The fourth-order valence-corrected chi connectivity index (χ4v) is 4.24. The molecule has 4 nitrogen and oxygen atoms in total. The minimum atomic E-state index is -0.202. The summed E-state index contributed by atoms with van der Waals surface area (Å²) in [6, 6.07) is 0. The van der Waals surface area contributed by atoms with E-state index in [0.29, 0.717) is 6.54 Å². The number of rotatable bonds is 7. The van der Waals surface area contributed by atoms with Crippen LogP contribution in [0, 0.1) is 29.6 Å². The van der Waals surface area contributed by atoms with Crippen LogP contribution in [0.3, 0.4) is 0 Å². The minimum absolute atomic E-state index is 0.0346. The summed E-state index contributed by atoms with van der Waals surface area (Å²) in [5, 5.41) is 3.08. The third kappa shape index (κ3) is 4.23. The van der Waals surface area contributed by atoms with Crippen molar-refractivity contribution in [3.63, 3.8) is 0 Å². The Hall–Kier alpha value is -1.16. The molecule has 2 rings (SSSR count). The van der Waals surface area contributed by atoms with Crippen LogP contribution in [0.25, 0.3) is 0 Å². The summed E-state index contributed by atoms with van der Waals surface area (Å²) < 4.78 is 0. The second-order valence-corrected chi connectivity index (χ2v) is 7.56. The lowest BCUT2D eigenvalue weighted by Crippen LogP contribution is -2.42.